The normalized spacial score (nSPS) is 10.7. The SMILES string of the molecule is O=C(Cc1noc2ccccc12)NCc1cccc(Oc2ccccn2)c1. The van der Waals surface area contributed by atoms with Gasteiger partial charge in [-0.15, -0.1) is 0 Å². The monoisotopic (exact) mass is 359 g/mol. The van der Waals surface area contributed by atoms with Gasteiger partial charge in [-0.05, 0) is 35.9 Å². The molecule has 0 unspecified atom stereocenters. The zero-order valence-corrected chi connectivity index (χ0v) is 14.5. The minimum Gasteiger partial charge on any atom is -0.439 e. The number of carbonyl (C=O) groups is 1. The number of benzene rings is 2. The van der Waals surface area contributed by atoms with Crippen LogP contribution in [0.25, 0.3) is 11.0 Å². The summed E-state index contributed by atoms with van der Waals surface area (Å²) >= 11 is 0. The second-order valence-corrected chi connectivity index (χ2v) is 6.00. The van der Waals surface area contributed by atoms with Crippen molar-refractivity contribution in [1.29, 1.82) is 0 Å². The maximum atomic E-state index is 12.3. The van der Waals surface area contributed by atoms with Crippen LogP contribution < -0.4 is 10.1 Å². The Morgan fingerprint density at radius 1 is 1.04 bits per heavy atom. The Hall–Kier alpha value is -3.67. The third kappa shape index (κ3) is 4.12. The van der Waals surface area contributed by atoms with Gasteiger partial charge in [-0.25, -0.2) is 4.98 Å². The molecule has 0 aliphatic rings. The fraction of sp³-hybridized carbons (Fsp3) is 0.0952. The van der Waals surface area contributed by atoms with Crippen LogP contribution >= 0.6 is 0 Å². The molecule has 4 rings (SSSR count). The summed E-state index contributed by atoms with van der Waals surface area (Å²) in [7, 11) is 0. The number of ether oxygens (including phenoxy) is 1. The van der Waals surface area contributed by atoms with Crippen LogP contribution in [0.5, 0.6) is 11.6 Å². The number of amides is 1. The number of fused-ring (bicyclic) bond motifs is 1. The van der Waals surface area contributed by atoms with Crippen LogP contribution in [0.4, 0.5) is 0 Å². The Balaban J connectivity index is 1.37. The van der Waals surface area contributed by atoms with Crippen LogP contribution in [-0.4, -0.2) is 16.0 Å². The smallest absolute Gasteiger partial charge is 0.226 e. The lowest BCUT2D eigenvalue weighted by molar-refractivity contribution is -0.120. The molecule has 134 valence electrons. The predicted octanol–water partition coefficient (Wildman–Crippen LogP) is 3.87. The number of aromatic nitrogens is 2. The first kappa shape index (κ1) is 16.8. The molecule has 2 aromatic heterocycles. The molecule has 0 aliphatic carbocycles. The van der Waals surface area contributed by atoms with Gasteiger partial charge in [0, 0.05) is 24.2 Å². The average Bonchev–Trinajstić information content (AvgIpc) is 3.10. The van der Waals surface area contributed by atoms with Crippen molar-refractivity contribution in [2.75, 3.05) is 0 Å². The molecule has 0 radical (unpaired) electrons. The fourth-order valence-corrected chi connectivity index (χ4v) is 2.73. The third-order valence-corrected chi connectivity index (χ3v) is 4.03. The Morgan fingerprint density at radius 3 is 2.81 bits per heavy atom. The van der Waals surface area contributed by atoms with Crippen molar-refractivity contribution in [3.8, 4) is 11.6 Å². The summed E-state index contributed by atoms with van der Waals surface area (Å²) in [5, 5.41) is 7.75. The van der Waals surface area contributed by atoms with Gasteiger partial charge in [0.1, 0.15) is 11.4 Å². The molecule has 0 spiro atoms. The zero-order valence-electron chi connectivity index (χ0n) is 14.5. The van der Waals surface area contributed by atoms with Crippen LogP contribution in [0.15, 0.2) is 77.4 Å². The van der Waals surface area contributed by atoms with Crippen LogP contribution in [-0.2, 0) is 17.8 Å². The van der Waals surface area contributed by atoms with Crippen molar-refractivity contribution in [2.45, 2.75) is 13.0 Å². The molecule has 1 amide bonds. The number of hydrogen-bond acceptors (Lipinski definition) is 5. The predicted molar refractivity (Wildman–Crippen MR) is 100 cm³/mol. The highest BCUT2D eigenvalue weighted by Crippen LogP contribution is 2.20. The minimum absolute atomic E-state index is 0.120. The number of nitrogens with one attached hydrogen (secondary N) is 1. The highest BCUT2D eigenvalue weighted by molar-refractivity contribution is 5.86. The molecule has 2 aromatic carbocycles. The maximum Gasteiger partial charge on any atom is 0.226 e. The summed E-state index contributed by atoms with van der Waals surface area (Å²) in [4.78, 5) is 16.4. The van der Waals surface area contributed by atoms with Gasteiger partial charge in [-0.3, -0.25) is 4.79 Å². The number of pyridine rings is 1. The fourth-order valence-electron chi connectivity index (χ4n) is 2.73. The highest BCUT2D eigenvalue weighted by Gasteiger charge is 2.12. The lowest BCUT2D eigenvalue weighted by atomic mass is 10.1. The first-order valence-corrected chi connectivity index (χ1v) is 8.56. The zero-order chi connectivity index (χ0) is 18.5. The minimum atomic E-state index is -0.120. The third-order valence-electron chi connectivity index (χ3n) is 4.03. The van der Waals surface area contributed by atoms with Crippen molar-refractivity contribution in [1.82, 2.24) is 15.5 Å². The number of para-hydroxylation sites is 1. The van der Waals surface area contributed by atoms with Crippen molar-refractivity contribution in [3.63, 3.8) is 0 Å². The summed E-state index contributed by atoms with van der Waals surface area (Å²) in [5.41, 5.74) is 2.25. The van der Waals surface area contributed by atoms with E-state index >= 15 is 0 Å². The summed E-state index contributed by atoms with van der Waals surface area (Å²) in [5.74, 6) is 1.07. The molecule has 0 atom stereocenters. The van der Waals surface area contributed by atoms with Gasteiger partial charge in [0.2, 0.25) is 11.8 Å². The first-order valence-electron chi connectivity index (χ1n) is 8.56. The number of rotatable bonds is 6. The first-order chi connectivity index (χ1) is 13.3. The quantitative estimate of drug-likeness (QED) is 0.565. The van der Waals surface area contributed by atoms with Crippen molar-refractivity contribution in [2.24, 2.45) is 0 Å². The molecule has 0 saturated carbocycles. The molecule has 4 aromatic rings. The summed E-state index contributed by atoms with van der Waals surface area (Å²) < 4.78 is 10.9. The largest absolute Gasteiger partial charge is 0.439 e. The van der Waals surface area contributed by atoms with Gasteiger partial charge in [0.15, 0.2) is 5.58 Å². The molecule has 0 fully saturated rings. The van der Waals surface area contributed by atoms with E-state index in [2.05, 4.69) is 15.5 Å². The van der Waals surface area contributed by atoms with E-state index in [-0.39, 0.29) is 12.3 Å². The molecule has 2 heterocycles. The van der Waals surface area contributed by atoms with E-state index in [9.17, 15) is 4.79 Å². The van der Waals surface area contributed by atoms with Crippen molar-refractivity contribution in [3.05, 3.63) is 84.2 Å². The van der Waals surface area contributed by atoms with Gasteiger partial charge >= 0.3 is 0 Å². The van der Waals surface area contributed by atoms with E-state index in [0.29, 0.717) is 29.5 Å². The molecule has 0 aliphatic heterocycles. The lowest BCUT2D eigenvalue weighted by Crippen LogP contribution is -2.24. The van der Waals surface area contributed by atoms with Crippen LogP contribution in [0.1, 0.15) is 11.3 Å². The molecular weight excluding hydrogens is 342 g/mol. The molecule has 0 bridgehead atoms. The Bertz CT molecular complexity index is 1060. The number of hydrogen-bond donors (Lipinski definition) is 1. The maximum absolute atomic E-state index is 12.3. The summed E-state index contributed by atoms with van der Waals surface area (Å²) in [6.45, 7) is 0.397. The van der Waals surface area contributed by atoms with E-state index < -0.39 is 0 Å². The molecule has 0 saturated heterocycles. The van der Waals surface area contributed by atoms with Gasteiger partial charge in [0.25, 0.3) is 0 Å². The number of carbonyl (C=O) groups excluding carboxylic acids is 1. The second kappa shape index (κ2) is 7.70. The van der Waals surface area contributed by atoms with Crippen molar-refractivity contribution < 1.29 is 14.1 Å². The van der Waals surface area contributed by atoms with Crippen LogP contribution in [0, 0.1) is 0 Å². The topological polar surface area (TPSA) is 77.2 Å². The highest BCUT2D eigenvalue weighted by atomic mass is 16.5. The lowest BCUT2D eigenvalue weighted by Gasteiger charge is -2.08. The van der Waals surface area contributed by atoms with Gasteiger partial charge in [-0.1, -0.05) is 35.5 Å². The van der Waals surface area contributed by atoms with E-state index in [1.807, 2.05) is 60.7 Å². The van der Waals surface area contributed by atoms with E-state index in [1.165, 1.54) is 0 Å². The second-order valence-electron chi connectivity index (χ2n) is 6.00. The van der Waals surface area contributed by atoms with Crippen LogP contribution in [0.2, 0.25) is 0 Å². The van der Waals surface area contributed by atoms with E-state index in [4.69, 9.17) is 9.26 Å². The number of nitrogens with zero attached hydrogens (tertiary/aromatic N) is 2. The molecule has 1 N–H and O–H groups in total. The Kier molecular flexibility index (Phi) is 4.78. The Labute approximate surface area is 155 Å². The van der Waals surface area contributed by atoms with Gasteiger partial charge in [-0.2, -0.15) is 0 Å². The van der Waals surface area contributed by atoms with E-state index in [1.54, 1.807) is 12.3 Å². The Morgan fingerprint density at radius 2 is 1.93 bits per heavy atom. The van der Waals surface area contributed by atoms with Crippen molar-refractivity contribution >= 4 is 16.9 Å². The molecular formula is C21H17N3O3. The molecule has 27 heavy (non-hydrogen) atoms. The van der Waals surface area contributed by atoms with E-state index in [0.717, 1.165) is 10.9 Å². The molecule has 6 heteroatoms. The summed E-state index contributed by atoms with van der Waals surface area (Å²) in [6, 6.07) is 20.5. The average molecular weight is 359 g/mol. The standard InChI is InChI=1S/C21H17N3O3/c25-20(13-18-17-8-1-2-9-19(17)27-24-18)23-14-15-6-5-7-16(12-15)26-21-10-3-4-11-22-21/h1-12H,13-14H2,(H,23,25). The van der Waals surface area contributed by atoms with Gasteiger partial charge < -0.3 is 14.6 Å². The molecule has 6 nitrogen and oxygen atoms in total. The van der Waals surface area contributed by atoms with Gasteiger partial charge in [0.05, 0.1) is 6.42 Å². The van der Waals surface area contributed by atoms with Crippen LogP contribution in [0.3, 0.4) is 0 Å². The summed E-state index contributed by atoms with van der Waals surface area (Å²) in [6.07, 6.45) is 1.84.